The molecule has 2 nitrogen and oxygen atoms in total. The molecule has 0 heterocycles. The molecule has 0 aromatic heterocycles. The highest BCUT2D eigenvalue weighted by Gasteiger charge is 2.19. The van der Waals surface area contributed by atoms with Crippen LogP contribution in [0.15, 0.2) is 42.1 Å². The van der Waals surface area contributed by atoms with E-state index in [1.807, 2.05) is 6.07 Å². The zero-order valence-corrected chi connectivity index (χ0v) is 11.6. The van der Waals surface area contributed by atoms with Gasteiger partial charge in [0.05, 0.1) is 0 Å². The monoisotopic (exact) mass is 250 g/mol. The number of hydrogen-bond donors (Lipinski definition) is 2. The van der Waals surface area contributed by atoms with Crippen LogP contribution >= 0.6 is 0 Å². The summed E-state index contributed by atoms with van der Waals surface area (Å²) in [6.07, 6.45) is 2.70. The van der Waals surface area contributed by atoms with Crippen molar-refractivity contribution in [2.75, 3.05) is 13.2 Å². The smallest absolute Gasteiger partial charge is 0.103 e. The summed E-state index contributed by atoms with van der Waals surface area (Å²) in [5.74, 6) is 0.0792. The second kappa shape index (κ2) is 6.74. The normalized spacial score (nSPS) is 14.1. The van der Waals surface area contributed by atoms with Gasteiger partial charge in [0.2, 0.25) is 0 Å². The lowest BCUT2D eigenvalue weighted by atomic mass is 10.1. The van der Waals surface area contributed by atoms with Gasteiger partial charge in [0.15, 0.2) is 0 Å². The zero-order chi connectivity index (χ0) is 12.7. The second-order valence-electron chi connectivity index (χ2n) is 4.90. The number of aliphatic hydroxyl groups excluding tert-OH is 2. The first kappa shape index (κ1) is 14.2. The summed E-state index contributed by atoms with van der Waals surface area (Å²) in [6.45, 7) is 4.80. The molecule has 2 N–H and O–H groups in total. The summed E-state index contributed by atoms with van der Waals surface area (Å²) in [7, 11) is -1.56. The fourth-order valence-electron chi connectivity index (χ4n) is 1.75. The minimum Gasteiger partial charge on any atom is -0.396 e. The van der Waals surface area contributed by atoms with Gasteiger partial charge in [-0.15, -0.1) is 0 Å². The fraction of sp³-hybridized carbons (Fsp3) is 0.429. The lowest BCUT2D eigenvalue weighted by molar-refractivity contribution is 0.208. The van der Waals surface area contributed by atoms with E-state index in [1.54, 1.807) is 0 Å². The highest BCUT2D eigenvalue weighted by atomic mass is 28.3. The van der Waals surface area contributed by atoms with E-state index in [0.717, 1.165) is 0 Å². The van der Waals surface area contributed by atoms with Crippen molar-refractivity contribution in [2.24, 2.45) is 5.92 Å². The van der Waals surface area contributed by atoms with Crippen molar-refractivity contribution in [3.05, 3.63) is 42.1 Å². The van der Waals surface area contributed by atoms with Crippen LogP contribution in [0, 0.1) is 5.92 Å². The molecular formula is C14H22O2Si. The molecule has 0 amide bonds. The van der Waals surface area contributed by atoms with Gasteiger partial charge in [-0.2, -0.15) is 0 Å². The Morgan fingerprint density at radius 2 is 1.82 bits per heavy atom. The van der Waals surface area contributed by atoms with E-state index in [9.17, 15) is 5.11 Å². The SMILES string of the molecule is C[Si](C)(/C=C\[C@H](CO)CCO)c1ccccc1. The number of benzene rings is 1. The predicted octanol–water partition coefficient (Wildman–Crippen LogP) is 1.69. The Hall–Kier alpha value is -0.903. The van der Waals surface area contributed by atoms with Crippen LogP contribution in [0.3, 0.4) is 0 Å². The van der Waals surface area contributed by atoms with Gasteiger partial charge in [0, 0.05) is 19.1 Å². The van der Waals surface area contributed by atoms with E-state index in [4.69, 9.17) is 5.11 Å². The van der Waals surface area contributed by atoms with Gasteiger partial charge >= 0.3 is 0 Å². The minimum atomic E-state index is -1.56. The molecule has 0 spiro atoms. The van der Waals surface area contributed by atoms with Gasteiger partial charge in [-0.3, -0.25) is 0 Å². The third-order valence-electron chi connectivity index (χ3n) is 3.04. The average Bonchev–Trinajstić information content (AvgIpc) is 2.35. The van der Waals surface area contributed by atoms with Crippen LogP contribution in [0.4, 0.5) is 0 Å². The van der Waals surface area contributed by atoms with Crippen molar-refractivity contribution < 1.29 is 10.2 Å². The number of aliphatic hydroxyl groups is 2. The molecule has 0 aliphatic rings. The largest absolute Gasteiger partial charge is 0.396 e. The van der Waals surface area contributed by atoms with Crippen LogP contribution in [0.2, 0.25) is 13.1 Å². The van der Waals surface area contributed by atoms with Crippen molar-refractivity contribution in [3.8, 4) is 0 Å². The molecule has 1 atom stereocenters. The summed E-state index contributed by atoms with van der Waals surface area (Å²) in [5.41, 5.74) is 2.25. The van der Waals surface area contributed by atoms with E-state index in [2.05, 4.69) is 49.1 Å². The van der Waals surface area contributed by atoms with E-state index in [0.29, 0.717) is 6.42 Å². The summed E-state index contributed by atoms with van der Waals surface area (Å²) in [5, 5.41) is 19.4. The summed E-state index contributed by atoms with van der Waals surface area (Å²) in [6, 6.07) is 10.5. The maximum Gasteiger partial charge on any atom is 0.103 e. The van der Waals surface area contributed by atoms with Crippen molar-refractivity contribution in [1.29, 1.82) is 0 Å². The van der Waals surface area contributed by atoms with E-state index < -0.39 is 8.07 Å². The first-order valence-corrected chi connectivity index (χ1v) is 9.14. The van der Waals surface area contributed by atoms with Crippen molar-refractivity contribution in [3.63, 3.8) is 0 Å². The molecular weight excluding hydrogens is 228 g/mol. The topological polar surface area (TPSA) is 40.5 Å². The first-order chi connectivity index (χ1) is 8.10. The maximum atomic E-state index is 9.18. The van der Waals surface area contributed by atoms with Crippen LogP contribution < -0.4 is 5.19 Å². The van der Waals surface area contributed by atoms with E-state index in [-0.39, 0.29) is 19.1 Å². The standard InChI is InChI=1S/C14H22O2Si/c1-17(2,14-6-4-3-5-7-14)11-9-13(12-16)8-10-15/h3-7,9,11,13,15-16H,8,10,12H2,1-2H3/b11-9-/t13-/m1/s1. The van der Waals surface area contributed by atoms with Crippen LogP contribution in [0.25, 0.3) is 0 Å². The van der Waals surface area contributed by atoms with Crippen molar-refractivity contribution in [2.45, 2.75) is 19.5 Å². The van der Waals surface area contributed by atoms with Gasteiger partial charge in [0.25, 0.3) is 0 Å². The highest BCUT2D eigenvalue weighted by Crippen LogP contribution is 2.10. The molecule has 1 rings (SSSR count). The van der Waals surface area contributed by atoms with Crippen LogP contribution in [0.1, 0.15) is 6.42 Å². The predicted molar refractivity (Wildman–Crippen MR) is 75.0 cm³/mol. The molecule has 94 valence electrons. The quantitative estimate of drug-likeness (QED) is 0.754. The molecule has 0 fully saturated rings. The molecule has 1 aromatic carbocycles. The van der Waals surface area contributed by atoms with Crippen molar-refractivity contribution >= 4 is 13.3 Å². The lowest BCUT2D eigenvalue weighted by Gasteiger charge is -2.19. The van der Waals surface area contributed by atoms with Crippen LogP contribution in [-0.2, 0) is 0 Å². The van der Waals surface area contributed by atoms with Crippen LogP contribution in [0.5, 0.6) is 0 Å². The Balaban J connectivity index is 2.75. The van der Waals surface area contributed by atoms with Gasteiger partial charge in [-0.1, -0.05) is 60.4 Å². The molecule has 3 heteroatoms. The molecule has 0 radical (unpaired) electrons. The zero-order valence-electron chi connectivity index (χ0n) is 10.6. The number of hydrogen-bond acceptors (Lipinski definition) is 2. The Labute approximate surface area is 105 Å². The Morgan fingerprint density at radius 1 is 1.18 bits per heavy atom. The molecule has 1 aromatic rings. The van der Waals surface area contributed by atoms with E-state index >= 15 is 0 Å². The Bertz CT molecular complexity index is 346. The molecule has 17 heavy (non-hydrogen) atoms. The average molecular weight is 250 g/mol. The van der Waals surface area contributed by atoms with Gasteiger partial charge in [-0.25, -0.2) is 0 Å². The molecule has 0 aliphatic heterocycles. The third kappa shape index (κ3) is 4.46. The van der Waals surface area contributed by atoms with Gasteiger partial charge < -0.3 is 10.2 Å². The molecule has 0 bridgehead atoms. The second-order valence-corrected chi connectivity index (χ2v) is 9.26. The molecule has 0 saturated carbocycles. The minimum absolute atomic E-state index is 0.0792. The van der Waals surface area contributed by atoms with Gasteiger partial charge in [0.1, 0.15) is 8.07 Å². The van der Waals surface area contributed by atoms with Crippen LogP contribution in [-0.4, -0.2) is 31.5 Å². The molecule has 0 saturated heterocycles. The molecule has 0 unspecified atom stereocenters. The highest BCUT2D eigenvalue weighted by molar-refractivity contribution is 6.93. The third-order valence-corrected chi connectivity index (χ3v) is 5.88. The summed E-state index contributed by atoms with van der Waals surface area (Å²) >= 11 is 0. The summed E-state index contributed by atoms with van der Waals surface area (Å²) < 4.78 is 0. The maximum absolute atomic E-state index is 9.18. The Kier molecular flexibility index (Phi) is 5.61. The number of rotatable bonds is 6. The summed E-state index contributed by atoms with van der Waals surface area (Å²) in [4.78, 5) is 0. The first-order valence-electron chi connectivity index (χ1n) is 6.06. The fourth-order valence-corrected chi connectivity index (χ4v) is 3.75. The Morgan fingerprint density at radius 3 is 2.35 bits per heavy atom. The molecule has 0 aliphatic carbocycles. The van der Waals surface area contributed by atoms with Crippen molar-refractivity contribution in [1.82, 2.24) is 0 Å². The lowest BCUT2D eigenvalue weighted by Crippen LogP contribution is -2.39. The van der Waals surface area contributed by atoms with E-state index in [1.165, 1.54) is 5.19 Å². The van der Waals surface area contributed by atoms with Gasteiger partial charge in [-0.05, 0) is 6.42 Å².